The van der Waals surface area contributed by atoms with Crippen LogP contribution in [-0.2, 0) is 19.1 Å². The number of hydrogen-bond donors (Lipinski definition) is 2. The van der Waals surface area contributed by atoms with Crippen molar-refractivity contribution in [2.75, 3.05) is 74.2 Å². The minimum atomic E-state index is -0.151. The monoisotopic (exact) mass is 703 g/mol. The van der Waals surface area contributed by atoms with Crippen LogP contribution >= 0.6 is 0 Å². The Labute approximate surface area is 304 Å². The van der Waals surface area contributed by atoms with Gasteiger partial charge >= 0.3 is 11.9 Å². The van der Waals surface area contributed by atoms with Gasteiger partial charge < -0.3 is 28.7 Å². The van der Waals surface area contributed by atoms with E-state index in [0.29, 0.717) is 58.3 Å². The number of hydrogen-bond acceptors (Lipinski definition) is 6. The van der Waals surface area contributed by atoms with Crippen molar-refractivity contribution in [2.45, 2.75) is 112 Å². The number of ether oxygens (including phenoxy) is 2. The summed E-state index contributed by atoms with van der Waals surface area (Å²) >= 11 is 0. The molecule has 5 rings (SSSR count). The van der Waals surface area contributed by atoms with Crippen molar-refractivity contribution in [3.8, 4) is 0 Å². The molecule has 8 nitrogen and oxygen atoms in total. The summed E-state index contributed by atoms with van der Waals surface area (Å²) in [5.74, 6) is 2.34. The molecule has 0 heterocycles. The summed E-state index contributed by atoms with van der Waals surface area (Å²) in [6.45, 7) is 21.7. The van der Waals surface area contributed by atoms with E-state index in [-0.39, 0.29) is 71.4 Å². The molecule has 5 aliphatic rings. The zero-order valence-electron chi connectivity index (χ0n) is 33.6. The highest BCUT2D eigenvalue weighted by atomic mass is 16.5. The van der Waals surface area contributed by atoms with Crippen LogP contribution in [0.4, 0.5) is 0 Å². The maximum atomic E-state index is 13.2. The number of aliphatic hydroxyl groups excluding tert-OH is 2. The molecule has 0 aliphatic heterocycles. The first-order valence-corrected chi connectivity index (χ1v) is 20.0. The van der Waals surface area contributed by atoms with E-state index < -0.39 is 0 Å². The van der Waals surface area contributed by atoms with Crippen molar-refractivity contribution < 1.29 is 38.2 Å². The Kier molecular flexibility index (Phi) is 10.9. The Morgan fingerprint density at radius 1 is 0.740 bits per heavy atom. The molecule has 50 heavy (non-hydrogen) atoms. The van der Waals surface area contributed by atoms with Gasteiger partial charge in [0.1, 0.15) is 19.2 Å². The third kappa shape index (κ3) is 6.75. The van der Waals surface area contributed by atoms with Crippen LogP contribution < -0.4 is 0 Å². The van der Waals surface area contributed by atoms with Crippen molar-refractivity contribution in [1.82, 2.24) is 0 Å². The standard InChI is InChI=1S/C42H74N2O6/c1-29(2)30-14-19-42(28-49-35(47)26-43(8,9)22-24-45)21-20-40(6)31(37(30)42)12-13-33-39(5)17-16-34(50-36(48)27-44(10,11)23-25-46)38(3,4)32(39)15-18-41(33,40)7/h30-34,37,45-46H,1,12-28H2,2-11H3/q+2/t30?,31?,32?,33?,34?,37?,39-,40-,41+,42?/m0/s1. The van der Waals surface area contributed by atoms with Gasteiger partial charge in [0, 0.05) is 10.8 Å². The molecule has 0 aromatic heterocycles. The summed E-state index contributed by atoms with van der Waals surface area (Å²) in [6, 6.07) is 0. The first kappa shape index (κ1) is 39.7. The summed E-state index contributed by atoms with van der Waals surface area (Å²) < 4.78 is 13.4. The molecule has 0 spiro atoms. The molecular formula is C42H74N2O6+2. The molecule has 10 atom stereocenters. The highest BCUT2D eigenvalue weighted by Gasteiger charge is 2.71. The van der Waals surface area contributed by atoms with E-state index in [4.69, 9.17) is 9.47 Å². The van der Waals surface area contributed by atoms with E-state index in [1.165, 1.54) is 31.3 Å². The van der Waals surface area contributed by atoms with Gasteiger partial charge in [0.15, 0.2) is 13.1 Å². The summed E-state index contributed by atoms with van der Waals surface area (Å²) in [5.41, 5.74) is 1.79. The van der Waals surface area contributed by atoms with Gasteiger partial charge in [-0.2, -0.15) is 0 Å². The van der Waals surface area contributed by atoms with Crippen LogP contribution in [0.1, 0.15) is 106 Å². The fraction of sp³-hybridized carbons (Fsp3) is 0.905. The highest BCUT2D eigenvalue weighted by Crippen LogP contribution is 2.77. The molecule has 0 aromatic carbocycles. The highest BCUT2D eigenvalue weighted by molar-refractivity contribution is 5.71. The van der Waals surface area contributed by atoms with Crippen molar-refractivity contribution >= 4 is 11.9 Å². The maximum Gasteiger partial charge on any atom is 0.362 e. The van der Waals surface area contributed by atoms with Crippen LogP contribution in [0.25, 0.3) is 0 Å². The van der Waals surface area contributed by atoms with Crippen LogP contribution in [-0.4, -0.2) is 111 Å². The Morgan fingerprint density at radius 3 is 1.96 bits per heavy atom. The average molecular weight is 703 g/mol. The molecule has 0 bridgehead atoms. The Morgan fingerprint density at radius 2 is 1.36 bits per heavy atom. The van der Waals surface area contributed by atoms with Crippen molar-refractivity contribution in [1.29, 1.82) is 0 Å². The number of quaternary nitrogens is 2. The van der Waals surface area contributed by atoms with E-state index in [9.17, 15) is 19.8 Å². The lowest BCUT2D eigenvalue weighted by Crippen LogP contribution is -2.67. The first-order chi connectivity index (χ1) is 23.1. The van der Waals surface area contributed by atoms with Crippen molar-refractivity contribution in [2.24, 2.45) is 56.7 Å². The van der Waals surface area contributed by atoms with Crippen LogP contribution in [0.2, 0.25) is 0 Å². The lowest BCUT2D eigenvalue weighted by atomic mass is 9.32. The lowest BCUT2D eigenvalue weighted by Gasteiger charge is -2.73. The molecule has 5 fully saturated rings. The number of carbonyl (C=O) groups excluding carboxylic acids is 2. The van der Waals surface area contributed by atoms with Crippen molar-refractivity contribution in [3.63, 3.8) is 0 Å². The molecule has 0 aromatic rings. The van der Waals surface area contributed by atoms with Crippen LogP contribution in [0.3, 0.4) is 0 Å². The molecule has 0 amide bonds. The van der Waals surface area contributed by atoms with Gasteiger partial charge in [-0.1, -0.05) is 46.8 Å². The van der Waals surface area contributed by atoms with E-state index in [1.807, 2.05) is 28.2 Å². The summed E-state index contributed by atoms with van der Waals surface area (Å²) in [5, 5.41) is 19.0. The van der Waals surface area contributed by atoms with Gasteiger partial charge in [-0.05, 0) is 117 Å². The molecule has 5 aliphatic carbocycles. The second-order valence-corrected chi connectivity index (χ2v) is 20.6. The van der Waals surface area contributed by atoms with Gasteiger partial charge in [0.25, 0.3) is 0 Å². The van der Waals surface area contributed by atoms with E-state index in [1.54, 1.807) is 0 Å². The predicted molar refractivity (Wildman–Crippen MR) is 198 cm³/mol. The molecule has 7 unspecified atom stereocenters. The SMILES string of the molecule is C=C(C)C1CCC2(COC(=O)C[N+](C)(C)CCO)CC[C@@]3(C)C(CCC4[C@@]5(C)CCC(OC(=O)C[N+](C)(C)CCO)C(C)(C)C5CC[C@]43C)C12. The number of rotatable bonds is 12. The summed E-state index contributed by atoms with van der Waals surface area (Å²) in [4.78, 5) is 26.4. The number of fused-ring (bicyclic) bond motifs is 7. The third-order valence-electron chi connectivity index (χ3n) is 16.5. The number of nitrogens with zero attached hydrogens (tertiary/aromatic N) is 2. The number of allylic oxidation sites excluding steroid dienone is 1. The summed E-state index contributed by atoms with van der Waals surface area (Å²) in [6.07, 6.45) is 11.3. The fourth-order valence-electron chi connectivity index (χ4n) is 13.6. The number of aliphatic hydroxyl groups is 2. The molecular weight excluding hydrogens is 628 g/mol. The van der Waals surface area contributed by atoms with Crippen molar-refractivity contribution in [3.05, 3.63) is 12.2 Å². The Balaban J connectivity index is 1.37. The number of likely N-dealkylation sites (N-methyl/N-ethyl adjacent to an activating group) is 2. The maximum absolute atomic E-state index is 13.2. The molecule has 8 heteroatoms. The predicted octanol–water partition coefficient (Wildman–Crippen LogP) is 6.24. The largest absolute Gasteiger partial charge is 0.461 e. The minimum absolute atomic E-state index is 0.0102. The van der Waals surface area contributed by atoms with E-state index >= 15 is 0 Å². The van der Waals surface area contributed by atoms with Crippen LogP contribution in [0.15, 0.2) is 12.2 Å². The second-order valence-electron chi connectivity index (χ2n) is 20.6. The number of esters is 2. The van der Waals surface area contributed by atoms with Crippen LogP contribution in [0.5, 0.6) is 0 Å². The van der Waals surface area contributed by atoms with Gasteiger partial charge in [-0.3, -0.25) is 0 Å². The fourth-order valence-corrected chi connectivity index (χ4v) is 13.6. The van der Waals surface area contributed by atoms with Gasteiger partial charge in [0.05, 0.1) is 48.0 Å². The Bertz CT molecular complexity index is 1290. The van der Waals surface area contributed by atoms with Gasteiger partial charge in [-0.25, -0.2) is 9.59 Å². The molecule has 286 valence electrons. The first-order valence-electron chi connectivity index (χ1n) is 20.0. The van der Waals surface area contributed by atoms with E-state index in [2.05, 4.69) is 48.1 Å². The van der Waals surface area contributed by atoms with Crippen LogP contribution in [0, 0.1) is 56.7 Å². The van der Waals surface area contributed by atoms with Gasteiger partial charge in [0.2, 0.25) is 0 Å². The summed E-state index contributed by atoms with van der Waals surface area (Å²) in [7, 11) is 7.92. The zero-order chi connectivity index (χ0) is 37.1. The average Bonchev–Trinajstić information content (AvgIpc) is 3.38. The second kappa shape index (κ2) is 13.7. The topological polar surface area (TPSA) is 93.1 Å². The van der Waals surface area contributed by atoms with E-state index in [0.717, 1.165) is 38.5 Å². The minimum Gasteiger partial charge on any atom is -0.461 e. The molecule has 0 radical (unpaired) electrons. The Hall–Kier alpha value is -1.48. The number of carbonyl (C=O) groups is 2. The molecule has 2 N–H and O–H groups in total. The normalized spacial score (nSPS) is 40.9. The lowest BCUT2D eigenvalue weighted by molar-refractivity contribution is -0.883. The zero-order valence-corrected chi connectivity index (χ0v) is 33.6. The van der Waals surface area contributed by atoms with Gasteiger partial charge in [-0.15, -0.1) is 0 Å². The molecule has 0 saturated heterocycles. The molecule has 5 saturated carbocycles. The quantitative estimate of drug-likeness (QED) is 0.142. The smallest absolute Gasteiger partial charge is 0.362 e. The third-order valence-corrected chi connectivity index (χ3v) is 16.5.